The number of benzene rings is 1. The summed E-state index contributed by atoms with van der Waals surface area (Å²) in [5.74, 6) is 0.941. The van der Waals surface area contributed by atoms with Gasteiger partial charge in [-0.05, 0) is 11.6 Å². The average Bonchev–Trinajstić information content (AvgIpc) is 3.27. The van der Waals surface area contributed by atoms with E-state index in [-0.39, 0.29) is 12.4 Å². The van der Waals surface area contributed by atoms with Crippen molar-refractivity contribution in [2.45, 2.75) is 13.0 Å². The number of fused-ring (bicyclic) bond motifs is 1. The van der Waals surface area contributed by atoms with Gasteiger partial charge in [-0.25, -0.2) is 9.37 Å². The van der Waals surface area contributed by atoms with Crippen LogP contribution in [0.1, 0.15) is 11.3 Å². The maximum absolute atomic E-state index is 14.0. The Morgan fingerprint density at radius 2 is 2.08 bits per heavy atom. The van der Waals surface area contributed by atoms with Crippen LogP contribution < -0.4 is 5.32 Å². The first-order chi connectivity index (χ1) is 12.7. The third-order valence-electron chi connectivity index (χ3n) is 4.06. The predicted molar refractivity (Wildman–Crippen MR) is 95.7 cm³/mol. The van der Waals surface area contributed by atoms with Gasteiger partial charge in [0.2, 0.25) is 0 Å². The third-order valence-corrected chi connectivity index (χ3v) is 4.06. The van der Waals surface area contributed by atoms with Gasteiger partial charge in [-0.2, -0.15) is 10.2 Å². The standard InChI is InChI=1S/C18H17FN6O/c19-14-4-2-1-3-12(14)9-15-13-11-20-23-16(13)10-18(21-15)22-17-5-6-25(24-17)7-8-26/h1-6,10-11,26H,7-9H2,(H,20,23)(H,21,22,24). The van der Waals surface area contributed by atoms with Crippen molar-refractivity contribution in [3.63, 3.8) is 0 Å². The number of hydrogen-bond acceptors (Lipinski definition) is 5. The lowest BCUT2D eigenvalue weighted by Gasteiger charge is -2.08. The molecule has 0 amide bonds. The molecule has 0 aliphatic rings. The first-order valence-corrected chi connectivity index (χ1v) is 8.20. The van der Waals surface area contributed by atoms with E-state index in [2.05, 4.69) is 25.6 Å². The number of rotatable bonds is 6. The largest absolute Gasteiger partial charge is 0.394 e. The Labute approximate surface area is 148 Å². The van der Waals surface area contributed by atoms with E-state index in [0.29, 0.717) is 30.2 Å². The van der Waals surface area contributed by atoms with Gasteiger partial charge in [0.1, 0.15) is 11.6 Å². The van der Waals surface area contributed by atoms with Crippen LogP contribution >= 0.6 is 0 Å². The highest BCUT2D eigenvalue weighted by molar-refractivity contribution is 5.83. The van der Waals surface area contributed by atoms with Crippen LogP contribution in [-0.2, 0) is 13.0 Å². The van der Waals surface area contributed by atoms with Gasteiger partial charge in [-0.3, -0.25) is 9.78 Å². The highest BCUT2D eigenvalue weighted by Gasteiger charge is 2.12. The van der Waals surface area contributed by atoms with Gasteiger partial charge < -0.3 is 10.4 Å². The molecule has 0 aliphatic carbocycles. The zero-order valence-corrected chi connectivity index (χ0v) is 13.9. The summed E-state index contributed by atoms with van der Waals surface area (Å²) in [7, 11) is 0. The Morgan fingerprint density at radius 3 is 2.92 bits per heavy atom. The smallest absolute Gasteiger partial charge is 0.153 e. The molecule has 1 aromatic carbocycles. The minimum Gasteiger partial charge on any atom is -0.394 e. The van der Waals surface area contributed by atoms with E-state index in [9.17, 15) is 4.39 Å². The molecule has 4 aromatic rings. The van der Waals surface area contributed by atoms with E-state index in [1.165, 1.54) is 6.07 Å². The molecule has 0 radical (unpaired) electrons. The molecule has 0 saturated heterocycles. The summed E-state index contributed by atoms with van der Waals surface area (Å²) >= 11 is 0. The second-order valence-corrected chi connectivity index (χ2v) is 5.87. The van der Waals surface area contributed by atoms with E-state index >= 15 is 0 Å². The lowest BCUT2D eigenvalue weighted by molar-refractivity contribution is 0.269. The molecule has 0 aliphatic heterocycles. The van der Waals surface area contributed by atoms with Crippen LogP contribution in [0, 0.1) is 5.82 Å². The van der Waals surface area contributed by atoms with Gasteiger partial charge in [-0.1, -0.05) is 18.2 Å². The van der Waals surface area contributed by atoms with Crippen molar-refractivity contribution in [1.29, 1.82) is 0 Å². The molecule has 3 aromatic heterocycles. The van der Waals surface area contributed by atoms with Gasteiger partial charge in [0, 0.05) is 30.1 Å². The molecule has 7 nitrogen and oxygen atoms in total. The molecular formula is C18H17FN6O. The van der Waals surface area contributed by atoms with E-state index in [1.54, 1.807) is 41.3 Å². The van der Waals surface area contributed by atoms with Crippen LogP contribution in [0.5, 0.6) is 0 Å². The molecule has 0 saturated carbocycles. The van der Waals surface area contributed by atoms with Crippen molar-refractivity contribution in [2.75, 3.05) is 11.9 Å². The Kier molecular flexibility index (Phi) is 4.32. The molecule has 0 fully saturated rings. The van der Waals surface area contributed by atoms with Crippen LogP contribution in [0.25, 0.3) is 10.9 Å². The molecule has 0 unspecified atom stereocenters. The molecular weight excluding hydrogens is 335 g/mol. The average molecular weight is 352 g/mol. The molecule has 4 rings (SSSR count). The van der Waals surface area contributed by atoms with Crippen LogP contribution in [-0.4, -0.2) is 36.7 Å². The monoisotopic (exact) mass is 352 g/mol. The predicted octanol–water partition coefficient (Wildman–Crippen LogP) is 2.62. The molecule has 3 N–H and O–H groups in total. The van der Waals surface area contributed by atoms with E-state index in [0.717, 1.165) is 16.6 Å². The topological polar surface area (TPSA) is 91.7 Å². The number of nitrogens with one attached hydrogen (secondary N) is 2. The van der Waals surface area contributed by atoms with Gasteiger partial charge in [-0.15, -0.1) is 0 Å². The zero-order chi connectivity index (χ0) is 17.9. The SMILES string of the molecule is OCCn1ccc(Nc2cc3[nH]ncc3c(Cc3ccccc3F)n2)n1. The number of H-pyrrole nitrogens is 1. The van der Waals surface area contributed by atoms with E-state index in [1.807, 2.05) is 6.07 Å². The van der Waals surface area contributed by atoms with E-state index in [4.69, 9.17) is 5.11 Å². The lowest BCUT2D eigenvalue weighted by atomic mass is 10.1. The second kappa shape index (κ2) is 6.93. The molecule has 132 valence electrons. The molecule has 0 atom stereocenters. The van der Waals surface area contributed by atoms with Crippen LogP contribution in [0.3, 0.4) is 0 Å². The molecule has 3 heterocycles. The summed E-state index contributed by atoms with van der Waals surface area (Å²) < 4.78 is 15.7. The summed E-state index contributed by atoms with van der Waals surface area (Å²) in [6.07, 6.45) is 3.82. The summed E-state index contributed by atoms with van der Waals surface area (Å²) in [4.78, 5) is 4.62. The molecule has 8 heteroatoms. The molecule has 0 spiro atoms. The van der Waals surface area contributed by atoms with Crippen molar-refractivity contribution in [3.05, 3.63) is 65.9 Å². The van der Waals surface area contributed by atoms with Crippen LogP contribution in [0.2, 0.25) is 0 Å². The number of halogens is 1. The maximum atomic E-state index is 14.0. The summed E-state index contributed by atoms with van der Waals surface area (Å²) in [5.41, 5.74) is 2.11. The van der Waals surface area contributed by atoms with Crippen molar-refractivity contribution in [2.24, 2.45) is 0 Å². The number of anilines is 2. The fourth-order valence-electron chi connectivity index (χ4n) is 2.82. The second-order valence-electron chi connectivity index (χ2n) is 5.87. The highest BCUT2D eigenvalue weighted by atomic mass is 19.1. The Hall–Kier alpha value is -3.26. The maximum Gasteiger partial charge on any atom is 0.153 e. The fourth-order valence-corrected chi connectivity index (χ4v) is 2.82. The van der Waals surface area contributed by atoms with Gasteiger partial charge in [0.15, 0.2) is 5.82 Å². The highest BCUT2D eigenvalue weighted by Crippen LogP contribution is 2.24. The van der Waals surface area contributed by atoms with Crippen LogP contribution in [0.4, 0.5) is 16.0 Å². The summed E-state index contributed by atoms with van der Waals surface area (Å²) in [6.45, 7) is 0.444. The van der Waals surface area contributed by atoms with Gasteiger partial charge >= 0.3 is 0 Å². The van der Waals surface area contributed by atoms with Gasteiger partial charge in [0.25, 0.3) is 0 Å². The van der Waals surface area contributed by atoms with E-state index < -0.39 is 0 Å². The first-order valence-electron chi connectivity index (χ1n) is 8.20. The zero-order valence-electron chi connectivity index (χ0n) is 13.9. The number of nitrogens with zero attached hydrogens (tertiary/aromatic N) is 4. The molecule has 0 bridgehead atoms. The third kappa shape index (κ3) is 3.27. The lowest BCUT2D eigenvalue weighted by Crippen LogP contribution is -2.04. The normalized spacial score (nSPS) is 11.2. The number of hydrogen-bond donors (Lipinski definition) is 3. The molecule has 26 heavy (non-hydrogen) atoms. The summed E-state index contributed by atoms with van der Waals surface area (Å²) in [5, 5.41) is 24.3. The Balaban J connectivity index is 1.66. The Morgan fingerprint density at radius 1 is 1.19 bits per heavy atom. The fraction of sp³-hybridized carbons (Fsp3) is 0.167. The van der Waals surface area contributed by atoms with Crippen molar-refractivity contribution in [1.82, 2.24) is 25.0 Å². The quantitative estimate of drug-likeness (QED) is 0.496. The Bertz CT molecular complexity index is 1040. The minimum absolute atomic E-state index is 0.0201. The summed E-state index contributed by atoms with van der Waals surface area (Å²) in [6, 6.07) is 10.3. The number of aliphatic hydroxyl groups is 1. The number of pyridine rings is 1. The van der Waals surface area contributed by atoms with Crippen LogP contribution in [0.15, 0.2) is 48.8 Å². The van der Waals surface area contributed by atoms with Gasteiger partial charge in [0.05, 0.1) is 30.6 Å². The number of aliphatic hydroxyl groups excluding tert-OH is 1. The first kappa shape index (κ1) is 16.2. The van der Waals surface area contributed by atoms with Crippen molar-refractivity contribution in [3.8, 4) is 0 Å². The number of aromatic nitrogens is 5. The minimum atomic E-state index is -0.257. The van der Waals surface area contributed by atoms with Crippen molar-refractivity contribution < 1.29 is 9.50 Å². The number of aromatic amines is 1. The van der Waals surface area contributed by atoms with Crippen molar-refractivity contribution >= 4 is 22.5 Å².